The normalized spacial score (nSPS) is 10.8. The highest BCUT2D eigenvalue weighted by molar-refractivity contribution is 9.10. The highest BCUT2D eigenvalue weighted by Gasteiger charge is 2.17. The number of rotatable bonds is 2. The van der Waals surface area contributed by atoms with Crippen molar-refractivity contribution in [3.63, 3.8) is 0 Å². The van der Waals surface area contributed by atoms with Crippen molar-refractivity contribution < 1.29 is 4.39 Å². The minimum Gasteiger partial charge on any atom is -0.382 e. The zero-order valence-electron chi connectivity index (χ0n) is 10.7. The number of halogens is 3. The summed E-state index contributed by atoms with van der Waals surface area (Å²) < 4.78 is 14.7. The van der Waals surface area contributed by atoms with Crippen LogP contribution in [0.2, 0.25) is 0 Å². The standard InChI is InChI=1S/C15H10Br2FN3/c16-10-4-2-1-3-9(10)13-14(20-21-15(13)19)8-5-6-12(18)11(17)7-8/h1-7H,(H3,19,20,21). The van der Waals surface area contributed by atoms with Crippen molar-refractivity contribution in [2.24, 2.45) is 0 Å². The molecule has 0 atom stereocenters. The van der Waals surface area contributed by atoms with Gasteiger partial charge in [0, 0.05) is 15.6 Å². The lowest BCUT2D eigenvalue weighted by Crippen LogP contribution is -1.90. The summed E-state index contributed by atoms with van der Waals surface area (Å²) in [5.41, 5.74) is 9.27. The molecule has 0 aliphatic rings. The van der Waals surface area contributed by atoms with Gasteiger partial charge in [0.2, 0.25) is 0 Å². The molecule has 21 heavy (non-hydrogen) atoms. The number of aromatic amines is 1. The van der Waals surface area contributed by atoms with Gasteiger partial charge in [-0.25, -0.2) is 4.39 Å². The molecular weight excluding hydrogens is 401 g/mol. The average molecular weight is 411 g/mol. The highest BCUT2D eigenvalue weighted by Crippen LogP contribution is 2.39. The Bertz CT molecular complexity index is 814. The first-order valence-corrected chi connectivity index (χ1v) is 7.70. The molecule has 0 amide bonds. The third-order valence-corrected chi connectivity index (χ3v) is 4.44. The molecule has 0 aliphatic carbocycles. The Morgan fingerprint density at radius 2 is 1.81 bits per heavy atom. The van der Waals surface area contributed by atoms with Crippen LogP contribution in [0.15, 0.2) is 51.4 Å². The third-order valence-electron chi connectivity index (χ3n) is 3.15. The first-order chi connectivity index (χ1) is 10.1. The summed E-state index contributed by atoms with van der Waals surface area (Å²) in [6, 6.07) is 12.5. The van der Waals surface area contributed by atoms with Gasteiger partial charge in [-0.1, -0.05) is 34.1 Å². The Morgan fingerprint density at radius 3 is 2.52 bits per heavy atom. The van der Waals surface area contributed by atoms with Crippen LogP contribution in [0.4, 0.5) is 10.2 Å². The Kier molecular flexibility index (Phi) is 3.82. The van der Waals surface area contributed by atoms with Crippen molar-refractivity contribution in [1.29, 1.82) is 0 Å². The maximum atomic E-state index is 13.4. The molecule has 0 saturated carbocycles. The van der Waals surface area contributed by atoms with Crippen molar-refractivity contribution in [3.05, 3.63) is 57.2 Å². The first-order valence-electron chi connectivity index (χ1n) is 6.12. The number of nitrogen functional groups attached to an aromatic ring is 1. The quantitative estimate of drug-likeness (QED) is 0.625. The number of nitrogens with one attached hydrogen (secondary N) is 1. The van der Waals surface area contributed by atoms with Crippen LogP contribution in [-0.2, 0) is 0 Å². The van der Waals surface area contributed by atoms with Gasteiger partial charge in [0.15, 0.2) is 5.82 Å². The van der Waals surface area contributed by atoms with E-state index in [-0.39, 0.29) is 5.82 Å². The van der Waals surface area contributed by atoms with Crippen LogP contribution in [0, 0.1) is 5.82 Å². The summed E-state index contributed by atoms with van der Waals surface area (Å²) >= 11 is 6.71. The predicted octanol–water partition coefficient (Wildman–Crippen LogP) is 4.99. The first kappa shape index (κ1) is 14.3. The molecule has 3 N–H and O–H groups in total. The molecule has 6 heteroatoms. The zero-order chi connectivity index (χ0) is 15.0. The van der Waals surface area contributed by atoms with Crippen LogP contribution in [0.3, 0.4) is 0 Å². The number of hydrogen-bond acceptors (Lipinski definition) is 2. The molecule has 0 radical (unpaired) electrons. The van der Waals surface area contributed by atoms with Crippen molar-refractivity contribution in [3.8, 4) is 22.4 Å². The van der Waals surface area contributed by atoms with Crippen LogP contribution in [0.5, 0.6) is 0 Å². The smallest absolute Gasteiger partial charge is 0.153 e. The van der Waals surface area contributed by atoms with Gasteiger partial charge in [-0.2, -0.15) is 5.10 Å². The monoisotopic (exact) mass is 409 g/mol. The largest absolute Gasteiger partial charge is 0.382 e. The van der Waals surface area contributed by atoms with E-state index in [1.165, 1.54) is 6.07 Å². The minimum atomic E-state index is -0.311. The van der Waals surface area contributed by atoms with Crippen molar-refractivity contribution >= 4 is 37.7 Å². The van der Waals surface area contributed by atoms with Gasteiger partial charge >= 0.3 is 0 Å². The number of hydrogen-bond donors (Lipinski definition) is 2. The van der Waals surface area contributed by atoms with Crippen molar-refractivity contribution in [2.45, 2.75) is 0 Å². The molecule has 2 aromatic carbocycles. The molecule has 0 bridgehead atoms. The minimum absolute atomic E-state index is 0.311. The summed E-state index contributed by atoms with van der Waals surface area (Å²) in [6.07, 6.45) is 0. The van der Waals surface area contributed by atoms with Crippen LogP contribution in [0.1, 0.15) is 0 Å². The average Bonchev–Trinajstić information content (AvgIpc) is 2.84. The van der Waals surface area contributed by atoms with Crippen LogP contribution in [0.25, 0.3) is 22.4 Å². The molecule has 0 fully saturated rings. The molecule has 0 aliphatic heterocycles. The Hall–Kier alpha value is -1.66. The second-order valence-corrected chi connectivity index (χ2v) is 6.18. The topological polar surface area (TPSA) is 54.7 Å². The van der Waals surface area contributed by atoms with Crippen molar-refractivity contribution in [2.75, 3.05) is 5.73 Å². The highest BCUT2D eigenvalue weighted by atomic mass is 79.9. The predicted molar refractivity (Wildman–Crippen MR) is 89.2 cm³/mol. The molecule has 1 heterocycles. The molecule has 3 aromatic rings. The molecule has 106 valence electrons. The molecule has 1 aromatic heterocycles. The second kappa shape index (κ2) is 5.61. The van der Waals surface area contributed by atoms with Crippen LogP contribution in [-0.4, -0.2) is 10.2 Å². The molecular formula is C15H10Br2FN3. The fraction of sp³-hybridized carbons (Fsp3) is 0. The Balaban J connectivity index is 2.22. The molecule has 0 spiro atoms. The number of aromatic nitrogens is 2. The Morgan fingerprint density at radius 1 is 1.05 bits per heavy atom. The van der Waals surface area contributed by atoms with Gasteiger partial charge in [0.1, 0.15) is 5.82 Å². The van der Waals surface area contributed by atoms with E-state index < -0.39 is 0 Å². The third kappa shape index (κ3) is 2.61. The summed E-state index contributed by atoms with van der Waals surface area (Å²) in [5, 5.41) is 7.01. The summed E-state index contributed by atoms with van der Waals surface area (Å²) in [4.78, 5) is 0. The number of nitrogens with two attached hydrogens (primary N) is 1. The fourth-order valence-electron chi connectivity index (χ4n) is 2.15. The maximum Gasteiger partial charge on any atom is 0.153 e. The molecule has 0 unspecified atom stereocenters. The fourth-order valence-corrected chi connectivity index (χ4v) is 3.01. The van der Waals surface area contributed by atoms with Gasteiger partial charge in [0.05, 0.1) is 15.7 Å². The van der Waals surface area contributed by atoms with Gasteiger partial charge in [-0.05, 0) is 40.2 Å². The van der Waals surface area contributed by atoms with E-state index in [1.54, 1.807) is 12.1 Å². The van der Waals surface area contributed by atoms with Crippen molar-refractivity contribution in [1.82, 2.24) is 10.2 Å². The Labute approximate surface area is 137 Å². The van der Waals surface area contributed by atoms with E-state index in [1.807, 2.05) is 24.3 Å². The van der Waals surface area contributed by atoms with E-state index >= 15 is 0 Å². The van der Waals surface area contributed by atoms with Gasteiger partial charge in [0.25, 0.3) is 0 Å². The second-order valence-electron chi connectivity index (χ2n) is 4.47. The maximum absolute atomic E-state index is 13.4. The molecule has 3 rings (SSSR count). The number of H-pyrrole nitrogens is 1. The van der Waals surface area contributed by atoms with E-state index in [0.717, 1.165) is 26.9 Å². The number of benzene rings is 2. The summed E-state index contributed by atoms with van der Waals surface area (Å²) in [6.45, 7) is 0. The van der Waals surface area contributed by atoms with E-state index in [4.69, 9.17) is 5.73 Å². The molecule has 3 nitrogen and oxygen atoms in total. The van der Waals surface area contributed by atoms with E-state index in [2.05, 4.69) is 42.1 Å². The lowest BCUT2D eigenvalue weighted by Gasteiger charge is -2.07. The van der Waals surface area contributed by atoms with Gasteiger partial charge in [-0.3, -0.25) is 5.10 Å². The number of anilines is 1. The lowest BCUT2D eigenvalue weighted by molar-refractivity contribution is 0.621. The van der Waals surface area contributed by atoms with E-state index in [0.29, 0.717) is 10.3 Å². The van der Waals surface area contributed by atoms with Gasteiger partial charge < -0.3 is 5.73 Å². The SMILES string of the molecule is Nc1n[nH]c(-c2ccc(F)c(Br)c2)c1-c1ccccc1Br. The van der Waals surface area contributed by atoms with Gasteiger partial charge in [-0.15, -0.1) is 0 Å². The zero-order valence-corrected chi connectivity index (χ0v) is 13.9. The van der Waals surface area contributed by atoms with E-state index in [9.17, 15) is 4.39 Å². The number of nitrogens with zero attached hydrogens (tertiary/aromatic N) is 1. The lowest BCUT2D eigenvalue weighted by atomic mass is 10.0. The molecule has 0 saturated heterocycles. The summed E-state index contributed by atoms with van der Waals surface area (Å²) in [5.74, 6) is 0.0889. The van der Waals surface area contributed by atoms with Crippen LogP contribution < -0.4 is 5.73 Å². The summed E-state index contributed by atoms with van der Waals surface area (Å²) in [7, 11) is 0. The van der Waals surface area contributed by atoms with Crippen LogP contribution >= 0.6 is 31.9 Å².